The third-order valence-electron chi connectivity index (χ3n) is 3.66. The van der Waals surface area contributed by atoms with Gasteiger partial charge in [-0.25, -0.2) is 0 Å². The van der Waals surface area contributed by atoms with Gasteiger partial charge in [0.15, 0.2) is 5.75 Å². The van der Waals surface area contributed by atoms with Crippen LogP contribution >= 0.6 is 0 Å². The SMILES string of the molecule is CCCCCCc1cccc(S(=O)(=O)O)c1Oc1cccc([O-])c1.[Na+]. The molecule has 25 heavy (non-hydrogen) atoms. The van der Waals surface area contributed by atoms with Gasteiger partial charge >= 0.3 is 29.6 Å². The van der Waals surface area contributed by atoms with Crippen LogP contribution in [0.1, 0.15) is 38.2 Å². The Kier molecular flexibility index (Phi) is 8.96. The van der Waals surface area contributed by atoms with Crippen molar-refractivity contribution in [2.75, 3.05) is 0 Å². The standard InChI is InChI=1S/C18H22O5S.Na/c1-2-3-4-5-8-14-9-6-12-17(24(20,21)22)18(14)23-16-11-7-10-15(19)13-16;/h6-7,9-13,19H,2-5,8H2,1H3,(H,20,21,22);/q;+1/p-1. The largest absolute Gasteiger partial charge is 1.00 e. The van der Waals surface area contributed by atoms with E-state index in [1.165, 1.54) is 24.3 Å². The smallest absolute Gasteiger partial charge is 0.872 e. The van der Waals surface area contributed by atoms with Crippen LogP contribution in [0.5, 0.6) is 17.2 Å². The molecule has 2 aromatic carbocycles. The Bertz CT molecular complexity index is 790. The second-order valence-corrected chi connectivity index (χ2v) is 7.00. The first-order valence-electron chi connectivity index (χ1n) is 7.96. The first-order chi connectivity index (χ1) is 11.4. The number of hydrogen-bond donors (Lipinski definition) is 1. The van der Waals surface area contributed by atoms with E-state index in [9.17, 15) is 18.1 Å². The predicted octanol–water partition coefficient (Wildman–Crippen LogP) is 0.926. The molecule has 0 aromatic heterocycles. The summed E-state index contributed by atoms with van der Waals surface area (Å²) in [4.78, 5) is -0.285. The third-order valence-corrected chi connectivity index (χ3v) is 4.54. The monoisotopic (exact) mass is 372 g/mol. The van der Waals surface area contributed by atoms with Crippen molar-refractivity contribution in [1.29, 1.82) is 0 Å². The number of benzene rings is 2. The Morgan fingerprint density at radius 2 is 1.80 bits per heavy atom. The Morgan fingerprint density at radius 1 is 1.08 bits per heavy atom. The van der Waals surface area contributed by atoms with Crippen LogP contribution in [-0.4, -0.2) is 13.0 Å². The van der Waals surface area contributed by atoms with Gasteiger partial charge in [0, 0.05) is 0 Å². The predicted molar refractivity (Wildman–Crippen MR) is 90.1 cm³/mol. The van der Waals surface area contributed by atoms with Gasteiger partial charge in [-0.1, -0.05) is 50.5 Å². The zero-order valence-corrected chi connectivity index (χ0v) is 17.4. The molecule has 0 saturated heterocycles. The van der Waals surface area contributed by atoms with Crippen molar-refractivity contribution in [3.63, 3.8) is 0 Å². The van der Waals surface area contributed by atoms with Crippen molar-refractivity contribution in [1.82, 2.24) is 0 Å². The van der Waals surface area contributed by atoms with Gasteiger partial charge in [0.2, 0.25) is 0 Å². The fraction of sp³-hybridized carbons (Fsp3) is 0.333. The minimum absolute atomic E-state index is 0. The van der Waals surface area contributed by atoms with Crippen molar-refractivity contribution >= 4 is 10.1 Å². The molecule has 0 aliphatic carbocycles. The van der Waals surface area contributed by atoms with E-state index in [1.54, 1.807) is 18.2 Å². The molecule has 0 bridgehead atoms. The molecule has 0 unspecified atom stereocenters. The third kappa shape index (κ3) is 6.64. The van der Waals surface area contributed by atoms with Crippen molar-refractivity contribution in [2.24, 2.45) is 0 Å². The summed E-state index contributed by atoms with van der Waals surface area (Å²) in [6, 6.07) is 10.4. The molecule has 5 nitrogen and oxygen atoms in total. The van der Waals surface area contributed by atoms with Gasteiger partial charge in [0.1, 0.15) is 10.6 Å². The van der Waals surface area contributed by atoms with Gasteiger partial charge in [0.25, 0.3) is 10.1 Å². The molecule has 0 aliphatic heterocycles. The van der Waals surface area contributed by atoms with Crippen molar-refractivity contribution in [2.45, 2.75) is 43.9 Å². The molecule has 0 aliphatic rings. The molecule has 2 rings (SSSR count). The molecule has 0 atom stereocenters. The summed E-state index contributed by atoms with van der Waals surface area (Å²) in [5.41, 5.74) is 0.692. The van der Waals surface area contributed by atoms with E-state index < -0.39 is 10.1 Å². The van der Waals surface area contributed by atoms with E-state index in [0.717, 1.165) is 25.7 Å². The molecular formula is C18H21NaO5S. The van der Waals surface area contributed by atoms with Crippen LogP contribution in [0.2, 0.25) is 0 Å². The number of aryl methyl sites for hydroxylation is 1. The summed E-state index contributed by atoms with van der Waals surface area (Å²) in [5.74, 6) is 0.0943. The summed E-state index contributed by atoms with van der Waals surface area (Å²) in [6.45, 7) is 2.11. The van der Waals surface area contributed by atoms with Gasteiger partial charge in [-0.05, 0) is 36.6 Å². The fourth-order valence-electron chi connectivity index (χ4n) is 2.47. The molecule has 0 radical (unpaired) electrons. The topological polar surface area (TPSA) is 86.7 Å². The molecule has 0 heterocycles. The van der Waals surface area contributed by atoms with Crippen LogP contribution in [0.25, 0.3) is 0 Å². The molecule has 0 saturated carbocycles. The van der Waals surface area contributed by atoms with Crippen LogP contribution in [0, 0.1) is 0 Å². The molecule has 130 valence electrons. The van der Waals surface area contributed by atoms with E-state index >= 15 is 0 Å². The molecule has 1 N–H and O–H groups in total. The van der Waals surface area contributed by atoms with Crippen LogP contribution in [0.4, 0.5) is 0 Å². The Balaban J connectivity index is 0.00000312. The number of hydrogen-bond acceptors (Lipinski definition) is 4. The number of unbranched alkanes of at least 4 members (excludes halogenated alkanes) is 3. The van der Waals surface area contributed by atoms with Crippen LogP contribution in [0.3, 0.4) is 0 Å². The number of ether oxygens (including phenoxy) is 1. The summed E-state index contributed by atoms with van der Waals surface area (Å²) in [5, 5.41) is 11.4. The van der Waals surface area contributed by atoms with Crippen molar-refractivity contribution in [3.05, 3.63) is 48.0 Å². The minimum Gasteiger partial charge on any atom is -0.872 e. The van der Waals surface area contributed by atoms with Crippen molar-refractivity contribution in [3.8, 4) is 17.2 Å². The second-order valence-electron chi connectivity index (χ2n) is 5.61. The average Bonchev–Trinajstić information content (AvgIpc) is 2.51. The minimum atomic E-state index is -4.42. The normalized spacial score (nSPS) is 11.0. The first-order valence-corrected chi connectivity index (χ1v) is 9.40. The summed E-state index contributed by atoms with van der Waals surface area (Å²) in [7, 11) is -4.42. The molecule has 0 fully saturated rings. The van der Waals surface area contributed by atoms with Gasteiger partial charge in [0.05, 0.1) is 0 Å². The molecule has 0 spiro atoms. The van der Waals surface area contributed by atoms with Gasteiger partial charge in [-0.3, -0.25) is 4.55 Å². The zero-order chi connectivity index (χ0) is 17.6. The van der Waals surface area contributed by atoms with E-state index in [0.29, 0.717) is 12.0 Å². The van der Waals surface area contributed by atoms with Crippen LogP contribution < -0.4 is 39.4 Å². The Hall–Kier alpha value is -1.05. The summed E-state index contributed by atoms with van der Waals surface area (Å²) in [6.07, 6.45) is 4.76. The first kappa shape index (κ1) is 22.0. The Labute approximate surface area is 171 Å². The number of para-hydroxylation sites is 1. The van der Waals surface area contributed by atoms with E-state index in [4.69, 9.17) is 4.74 Å². The molecule has 2 aromatic rings. The second kappa shape index (κ2) is 10.2. The van der Waals surface area contributed by atoms with Gasteiger partial charge in [-0.2, -0.15) is 8.42 Å². The van der Waals surface area contributed by atoms with E-state index in [-0.39, 0.29) is 51.7 Å². The van der Waals surface area contributed by atoms with Crippen molar-refractivity contribution < 1.29 is 52.4 Å². The van der Waals surface area contributed by atoms with Gasteiger partial charge in [-0.15, -0.1) is 5.75 Å². The maximum Gasteiger partial charge on any atom is 1.00 e. The maximum absolute atomic E-state index is 11.7. The molecule has 0 amide bonds. The number of rotatable bonds is 8. The molecular weight excluding hydrogens is 351 g/mol. The summed E-state index contributed by atoms with van der Waals surface area (Å²) >= 11 is 0. The fourth-order valence-corrected chi connectivity index (χ4v) is 3.13. The average molecular weight is 372 g/mol. The maximum atomic E-state index is 11.7. The quantitative estimate of drug-likeness (QED) is 0.423. The summed E-state index contributed by atoms with van der Waals surface area (Å²) < 4.78 is 38.4. The molecule has 7 heteroatoms. The van der Waals surface area contributed by atoms with E-state index in [2.05, 4.69) is 6.92 Å². The van der Waals surface area contributed by atoms with Crippen LogP contribution in [-0.2, 0) is 16.5 Å². The zero-order valence-electron chi connectivity index (χ0n) is 14.6. The van der Waals surface area contributed by atoms with E-state index in [1.807, 2.05) is 0 Å². The Morgan fingerprint density at radius 3 is 2.44 bits per heavy atom. The van der Waals surface area contributed by atoms with Gasteiger partial charge < -0.3 is 9.84 Å². The van der Waals surface area contributed by atoms with Crippen LogP contribution in [0.15, 0.2) is 47.4 Å².